The molecule has 1 saturated heterocycles. The van der Waals surface area contributed by atoms with Gasteiger partial charge in [-0.05, 0) is 71.2 Å². The number of nitrogens with zero attached hydrogens (tertiary/aromatic N) is 1. The number of hydrogen-bond acceptors (Lipinski definition) is 4. The summed E-state index contributed by atoms with van der Waals surface area (Å²) in [4.78, 5) is 40.9. The molecule has 0 unspecified atom stereocenters. The molecule has 0 N–H and O–H groups in total. The zero-order valence-electron chi connectivity index (χ0n) is 17.8. The minimum Gasteiger partial charge on any atom is -0.423 e. The molecule has 5 heteroatoms. The first-order valence-corrected chi connectivity index (χ1v) is 11.5. The fourth-order valence-corrected chi connectivity index (χ4v) is 6.38. The Balaban J connectivity index is 1.17. The standard InChI is InChI=1S/C28H21NO4/c30-26-24-20-10-11-21(23-14-22(20)23)25(24)27(31)29(26)18-7-3-6-17(12-18)28(32)33-19-9-8-15-4-1-2-5-16(15)13-19/h1-13,20-25H,14H2/t20-,21-,22-,23+,24-,25+/m0/s1. The summed E-state index contributed by atoms with van der Waals surface area (Å²) in [6.07, 6.45) is 5.45. The van der Waals surface area contributed by atoms with Crippen LogP contribution < -0.4 is 9.64 Å². The van der Waals surface area contributed by atoms with Crippen molar-refractivity contribution in [2.24, 2.45) is 35.5 Å². The molecule has 162 valence electrons. The maximum Gasteiger partial charge on any atom is 0.343 e. The highest BCUT2D eigenvalue weighted by atomic mass is 16.5. The van der Waals surface area contributed by atoms with Gasteiger partial charge < -0.3 is 4.74 Å². The van der Waals surface area contributed by atoms with Crippen LogP contribution in [0.25, 0.3) is 10.8 Å². The Kier molecular flexibility index (Phi) is 3.78. The van der Waals surface area contributed by atoms with Crippen molar-refractivity contribution in [3.63, 3.8) is 0 Å². The summed E-state index contributed by atoms with van der Waals surface area (Å²) >= 11 is 0. The molecule has 3 aromatic carbocycles. The molecule has 6 atom stereocenters. The maximum absolute atomic E-state index is 13.4. The lowest BCUT2D eigenvalue weighted by molar-refractivity contribution is -0.124. The molecule has 5 nitrogen and oxygen atoms in total. The fourth-order valence-electron chi connectivity index (χ4n) is 6.38. The molecule has 3 aromatic rings. The number of anilines is 1. The van der Waals surface area contributed by atoms with Crippen molar-refractivity contribution in [2.75, 3.05) is 4.90 Å². The van der Waals surface area contributed by atoms with E-state index < -0.39 is 5.97 Å². The molecule has 0 aromatic heterocycles. The van der Waals surface area contributed by atoms with Crippen LogP contribution in [0.5, 0.6) is 5.75 Å². The molecule has 4 aliphatic carbocycles. The summed E-state index contributed by atoms with van der Waals surface area (Å²) in [6, 6.07) is 20.0. The van der Waals surface area contributed by atoms with E-state index in [1.54, 1.807) is 30.3 Å². The number of rotatable bonds is 3. The molecule has 33 heavy (non-hydrogen) atoms. The highest BCUT2D eigenvalue weighted by Gasteiger charge is 2.67. The smallest absolute Gasteiger partial charge is 0.343 e. The molecule has 2 amide bonds. The van der Waals surface area contributed by atoms with Crippen molar-refractivity contribution in [1.82, 2.24) is 0 Å². The van der Waals surface area contributed by atoms with Gasteiger partial charge in [-0.2, -0.15) is 0 Å². The van der Waals surface area contributed by atoms with Crippen molar-refractivity contribution in [3.05, 3.63) is 84.4 Å². The number of carbonyl (C=O) groups excluding carboxylic acids is 3. The van der Waals surface area contributed by atoms with E-state index in [-0.39, 0.29) is 35.5 Å². The SMILES string of the molecule is O=C(Oc1ccc2ccccc2c1)c1cccc(N2C(=O)[C@@H]3[C@H]4C=C[C@@H]([C@@H]5C[C@H]45)[C@@H]3C2=O)c1. The Labute approximate surface area is 190 Å². The van der Waals surface area contributed by atoms with Crippen molar-refractivity contribution < 1.29 is 19.1 Å². The molecule has 0 spiro atoms. The topological polar surface area (TPSA) is 63.7 Å². The van der Waals surface area contributed by atoms with Crippen LogP contribution in [0, 0.1) is 35.5 Å². The quantitative estimate of drug-likeness (QED) is 0.261. The number of hydrogen-bond donors (Lipinski definition) is 0. The average molecular weight is 435 g/mol. The summed E-state index contributed by atoms with van der Waals surface area (Å²) in [7, 11) is 0. The van der Waals surface area contributed by atoms with Gasteiger partial charge in [0, 0.05) is 0 Å². The number of ether oxygens (including phenoxy) is 1. The Morgan fingerprint density at radius 2 is 1.48 bits per heavy atom. The van der Waals surface area contributed by atoms with Crippen LogP contribution in [0.4, 0.5) is 5.69 Å². The second kappa shape index (κ2) is 6.64. The molecular weight excluding hydrogens is 414 g/mol. The number of benzene rings is 3. The van der Waals surface area contributed by atoms with Gasteiger partial charge in [-0.3, -0.25) is 9.59 Å². The number of carbonyl (C=O) groups is 3. The summed E-state index contributed by atoms with van der Waals surface area (Å²) in [5, 5.41) is 2.04. The largest absolute Gasteiger partial charge is 0.423 e. The summed E-state index contributed by atoms with van der Waals surface area (Å²) < 4.78 is 5.60. The summed E-state index contributed by atoms with van der Waals surface area (Å²) in [5.74, 6) is 0.609. The van der Waals surface area contributed by atoms with E-state index in [0.717, 1.165) is 17.2 Å². The lowest BCUT2D eigenvalue weighted by atomic mass is 9.63. The van der Waals surface area contributed by atoms with Gasteiger partial charge in [-0.25, -0.2) is 9.69 Å². The summed E-state index contributed by atoms with van der Waals surface area (Å²) in [5.41, 5.74) is 0.750. The van der Waals surface area contributed by atoms with Gasteiger partial charge in [0.25, 0.3) is 0 Å². The van der Waals surface area contributed by atoms with Crippen molar-refractivity contribution in [2.45, 2.75) is 6.42 Å². The van der Waals surface area contributed by atoms with E-state index in [1.807, 2.05) is 36.4 Å². The number of amides is 2. The van der Waals surface area contributed by atoms with Crippen molar-refractivity contribution in [3.8, 4) is 5.75 Å². The van der Waals surface area contributed by atoms with Crippen LogP contribution >= 0.6 is 0 Å². The molecule has 5 aliphatic rings. The van der Waals surface area contributed by atoms with E-state index in [0.29, 0.717) is 28.8 Å². The number of fused-ring (bicyclic) bond motifs is 1. The highest BCUT2D eigenvalue weighted by Crippen LogP contribution is 2.65. The van der Waals surface area contributed by atoms with Gasteiger partial charge in [-0.15, -0.1) is 0 Å². The van der Waals surface area contributed by atoms with Crippen molar-refractivity contribution >= 4 is 34.2 Å². The first-order chi connectivity index (χ1) is 16.1. The minimum absolute atomic E-state index is 0.130. The Bertz CT molecular complexity index is 1360. The molecule has 8 rings (SSSR count). The maximum atomic E-state index is 13.4. The zero-order chi connectivity index (χ0) is 22.3. The van der Waals surface area contributed by atoms with Crippen LogP contribution in [-0.4, -0.2) is 17.8 Å². The third-order valence-electron chi connectivity index (χ3n) is 7.93. The van der Waals surface area contributed by atoms with Gasteiger partial charge in [-0.1, -0.05) is 48.6 Å². The first kappa shape index (κ1) is 18.8. The minimum atomic E-state index is -0.522. The van der Waals surface area contributed by atoms with Crippen LogP contribution in [0.2, 0.25) is 0 Å². The predicted octanol–water partition coefficient (Wildman–Crippen LogP) is 4.62. The van der Waals surface area contributed by atoms with Gasteiger partial charge in [0.15, 0.2) is 0 Å². The number of allylic oxidation sites excluding steroid dienone is 2. The molecule has 0 radical (unpaired) electrons. The summed E-state index contributed by atoms with van der Waals surface area (Å²) in [6.45, 7) is 0. The lowest BCUT2D eigenvalue weighted by Crippen LogP contribution is -2.40. The van der Waals surface area contributed by atoms with Gasteiger partial charge in [0.1, 0.15) is 5.75 Å². The first-order valence-electron chi connectivity index (χ1n) is 11.5. The molecular formula is C28H21NO4. The van der Waals surface area contributed by atoms with E-state index in [1.165, 1.54) is 4.90 Å². The second-order valence-electron chi connectivity index (χ2n) is 9.62. The molecule has 1 heterocycles. The fraction of sp³-hybridized carbons (Fsp3) is 0.250. The van der Waals surface area contributed by atoms with Gasteiger partial charge in [0.05, 0.1) is 23.1 Å². The lowest BCUT2D eigenvalue weighted by Gasteiger charge is -2.37. The monoisotopic (exact) mass is 435 g/mol. The van der Waals surface area contributed by atoms with Crippen LogP contribution in [-0.2, 0) is 9.59 Å². The predicted molar refractivity (Wildman–Crippen MR) is 123 cm³/mol. The molecule has 1 aliphatic heterocycles. The normalized spacial score (nSPS) is 31.0. The number of esters is 1. The second-order valence-corrected chi connectivity index (χ2v) is 9.62. The van der Waals surface area contributed by atoms with E-state index in [2.05, 4.69) is 12.2 Å². The third-order valence-corrected chi connectivity index (χ3v) is 7.93. The molecule has 2 bridgehead atoms. The third kappa shape index (κ3) is 2.68. The van der Waals surface area contributed by atoms with E-state index in [4.69, 9.17) is 4.74 Å². The zero-order valence-corrected chi connectivity index (χ0v) is 17.8. The Morgan fingerprint density at radius 1 is 0.788 bits per heavy atom. The van der Waals surface area contributed by atoms with Crippen LogP contribution in [0.1, 0.15) is 16.8 Å². The van der Waals surface area contributed by atoms with E-state index in [9.17, 15) is 14.4 Å². The highest BCUT2D eigenvalue weighted by molar-refractivity contribution is 6.23. The number of imide groups is 1. The van der Waals surface area contributed by atoms with Crippen molar-refractivity contribution in [1.29, 1.82) is 0 Å². The van der Waals surface area contributed by atoms with E-state index >= 15 is 0 Å². The average Bonchev–Trinajstić information content (AvgIpc) is 3.62. The Hall–Kier alpha value is -3.73. The van der Waals surface area contributed by atoms with Gasteiger partial charge >= 0.3 is 5.97 Å². The van der Waals surface area contributed by atoms with Crippen LogP contribution in [0.3, 0.4) is 0 Å². The molecule has 3 fully saturated rings. The Morgan fingerprint density at radius 3 is 2.21 bits per heavy atom. The molecule has 2 saturated carbocycles. The van der Waals surface area contributed by atoms with Crippen LogP contribution in [0.15, 0.2) is 78.9 Å². The van der Waals surface area contributed by atoms with Gasteiger partial charge in [0.2, 0.25) is 11.8 Å².